The predicted octanol–water partition coefficient (Wildman–Crippen LogP) is 3.33. The Morgan fingerprint density at radius 2 is 1.82 bits per heavy atom. The highest BCUT2D eigenvalue weighted by Gasteiger charge is 2.31. The molecule has 2 rings (SSSR count). The summed E-state index contributed by atoms with van der Waals surface area (Å²) >= 11 is 6.11. The molecule has 2 nitrogen and oxygen atoms in total. The Morgan fingerprint density at radius 1 is 1.12 bits per heavy atom. The molecule has 0 spiro atoms. The minimum Gasteiger partial charge on any atom is -0.371 e. The zero-order chi connectivity index (χ0) is 12.3. The molecule has 100 valence electrons. The molecule has 1 unspecified atom stereocenters. The third-order valence-electron chi connectivity index (χ3n) is 4.14. The molecular weight excluding hydrogens is 234 g/mol. The van der Waals surface area contributed by atoms with Crippen LogP contribution in [0, 0.1) is 5.92 Å². The van der Waals surface area contributed by atoms with Crippen molar-refractivity contribution in [3.8, 4) is 0 Å². The average Bonchev–Trinajstić information content (AvgIpc) is 2.61. The van der Waals surface area contributed by atoms with Gasteiger partial charge in [0.25, 0.3) is 0 Å². The first kappa shape index (κ1) is 13.6. The molecule has 1 saturated carbocycles. The van der Waals surface area contributed by atoms with Gasteiger partial charge in [0.1, 0.15) is 0 Å². The maximum absolute atomic E-state index is 6.11. The molecule has 1 atom stereocenters. The van der Waals surface area contributed by atoms with Gasteiger partial charge >= 0.3 is 0 Å². The average molecular weight is 260 g/mol. The lowest BCUT2D eigenvalue weighted by Crippen LogP contribution is -2.33. The summed E-state index contributed by atoms with van der Waals surface area (Å²) in [6, 6.07) is 0. The smallest absolute Gasteiger partial charge is 0.0707 e. The maximum Gasteiger partial charge on any atom is 0.0707 e. The van der Waals surface area contributed by atoms with Crippen molar-refractivity contribution in [3.05, 3.63) is 0 Å². The summed E-state index contributed by atoms with van der Waals surface area (Å²) in [6.45, 7) is 6.54. The van der Waals surface area contributed by atoms with Gasteiger partial charge < -0.3 is 10.1 Å². The van der Waals surface area contributed by atoms with Crippen molar-refractivity contribution in [2.24, 2.45) is 5.92 Å². The Labute approximate surface area is 110 Å². The molecule has 17 heavy (non-hydrogen) atoms. The van der Waals surface area contributed by atoms with Gasteiger partial charge in [-0.15, -0.1) is 11.6 Å². The highest BCUT2D eigenvalue weighted by Crippen LogP contribution is 2.29. The largest absolute Gasteiger partial charge is 0.371 e. The molecule has 1 aliphatic carbocycles. The van der Waals surface area contributed by atoms with Crippen LogP contribution in [0.1, 0.15) is 52.4 Å². The van der Waals surface area contributed by atoms with E-state index in [1.54, 1.807) is 0 Å². The molecule has 0 aromatic heterocycles. The van der Waals surface area contributed by atoms with Crippen LogP contribution in [0.3, 0.4) is 0 Å². The lowest BCUT2D eigenvalue weighted by Gasteiger charge is -2.26. The minimum absolute atomic E-state index is 0.100. The van der Waals surface area contributed by atoms with Crippen LogP contribution in [0.15, 0.2) is 0 Å². The SMILES string of the molecule is CC1(C)CCC(CNCC2CCC(Cl)CC2)O1. The quantitative estimate of drug-likeness (QED) is 0.782. The van der Waals surface area contributed by atoms with E-state index in [2.05, 4.69) is 19.2 Å². The highest BCUT2D eigenvalue weighted by atomic mass is 35.5. The van der Waals surface area contributed by atoms with E-state index < -0.39 is 0 Å². The van der Waals surface area contributed by atoms with Gasteiger partial charge in [-0.25, -0.2) is 0 Å². The first-order valence-electron chi connectivity index (χ1n) is 7.08. The maximum atomic E-state index is 6.11. The van der Waals surface area contributed by atoms with E-state index in [1.165, 1.54) is 38.5 Å². The van der Waals surface area contributed by atoms with Crippen LogP contribution in [0.25, 0.3) is 0 Å². The summed E-state index contributed by atoms with van der Waals surface area (Å²) in [4.78, 5) is 0. The van der Waals surface area contributed by atoms with E-state index in [9.17, 15) is 0 Å². The Balaban J connectivity index is 1.57. The molecule has 2 aliphatic rings. The molecule has 1 heterocycles. The molecule has 1 saturated heterocycles. The fraction of sp³-hybridized carbons (Fsp3) is 1.00. The van der Waals surface area contributed by atoms with Crippen LogP contribution in [0.5, 0.6) is 0 Å². The van der Waals surface area contributed by atoms with Gasteiger partial charge in [-0.2, -0.15) is 0 Å². The first-order valence-corrected chi connectivity index (χ1v) is 7.51. The molecule has 3 heteroatoms. The zero-order valence-corrected chi connectivity index (χ0v) is 11.9. The predicted molar refractivity (Wildman–Crippen MR) is 72.7 cm³/mol. The Kier molecular flexibility index (Phi) is 4.73. The van der Waals surface area contributed by atoms with Crippen LogP contribution in [-0.2, 0) is 4.74 Å². The minimum atomic E-state index is 0.100. The van der Waals surface area contributed by atoms with Crippen molar-refractivity contribution in [3.63, 3.8) is 0 Å². The third-order valence-corrected chi connectivity index (χ3v) is 4.57. The van der Waals surface area contributed by atoms with Gasteiger partial charge in [0.15, 0.2) is 0 Å². The van der Waals surface area contributed by atoms with Crippen molar-refractivity contribution in [2.75, 3.05) is 13.1 Å². The lowest BCUT2D eigenvalue weighted by atomic mass is 9.89. The van der Waals surface area contributed by atoms with Gasteiger partial charge in [-0.1, -0.05) is 0 Å². The van der Waals surface area contributed by atoms with E-state index in [4.69, 9.17) is 16.3 Å². The second-order valence-corrected chi connectivity index (χ2v) is 6.93. The number of hydrogen-bond donors (Lipinski definition) is 1. The zero-order valence-electron chi connectivity index (χ0n) is 11.2. The normalized spacial score (nSPS) is 37.2. The summed E-state index contributed by atoms with van der Waals surface area (Å²) in [7, 11) is 0. The number of alkyl halides is 1. The van der Waals surface area contributed by atoms with Gasteiger partial charge in [-0.05, 0) is 64.8 Å². The molecule has 0 radical (unpaired) electrons. The molecular formula is C14H26ClNO. The summed E-state index contributed by atoms with van der Waals surface area (Å²) < 4.78 is 5.97. The molecule has 1 aliphatic heterocycles. The fourth-order valence-corrected chi connectivity index (χ4v) is 3.25. The van der Waals surface area contributed by atoms with Crippen LogP contribution in [0.2, 0.25) is 0 Å². The van der Waals surface area contributed by atoms with Crippen molar-refractivity contribution in [2.45, 2.75) is 69.5 Å². The number of rotatable bonds is 4. The van der Waals surface area contributed by atoms with Crippen molar-refractivity contribution in [1.82, 2.24) is 5.32 Å². The van der Waals surface area contributed by atoms with Gasteiger partial charge in [-0.3, -0.25) is 0 Å². The molecule has 2 fully saturated rings. The Morgan fingerprint density at radius 3 is 2.41 bits per heavy atom. The second kappa shape index (κ2) is 5.90. The third kappa shape index (κ3) is 4.42. The van der Waals surface area contributed by atoms with Crippen LogP contribution < -0.4 is 5.32 Å². The Bertz CT molecular complexity index is 236. The first-order chi connectivity index (χ1) is 8.05. The molecule has 0 aromatic rings. The summed E-state index contributed by atoms with van der Waals surface area (Å²) in [5.41, 5.74) is 0.100. The van der Waals surface area contributed by atoms with Gasteiger partial charge in [0.05, 0.1) is 11.7 Å². The van der Waals surface area contributed by atoms with Gasteiger partial charge in [0, 0.05) is 11.9 Å². The standard InChI is InChI=1S/C14H26ClNO/c1-14(2)8-7-13(17-14)10-16-9-11-3-5-12(15)6-4-11/h11-13,16H,3-10H2,1-2H3. The number of ether oxygens (including phenoxy) is 1. The lowest BCUT2D eigenvalue weighted by molar-refractivity contribution is -0.0145. The second-order valence-electron chi connectivity index (χ2n) is 6.31. The van der Waals surface area contributed by atoms with Crippen LogP contribution >= 0.6 is 11.6 Å². The van der Waals surface area contributed by atoms with E-state index >= 15 is 0 Å². The number of halogens is 1. The molecule has 0 amide bonds. The topological polar surface area (TPSA) is 21.3 Å². The fourth-order valence-electron chi connectivity index (χ4n) is 3.00. The summed E-state index contributed by atoms with van der Waals surface area (Å²) in [6.07, 6.45) is 7.79. The number of nitrogens with one attached hydrogen (secondary N) is 1. The number of hydrogen-bond acceptors (Lipinski definition) is 2. The van der Waals surface area contributed by atoms with E-state index in [1.807, 2.05) is 0 Å². The summed E-state index contributed by atoms with van der Waals surface area (Å²) in [5.74, 6) is 0.833. The highest BCUT2D eigenvalue weighted by molar-refractivity contribution is 6.20. The van der Waals surface area contributed by atoms with Gasteiger partial charge in [0.2, 0.25) is 0 Å². The van der Waals surface area contributed by atoms with Crippen LogP contribution in [-0.4, -0.2) is 30.2 Å². The summed E-state index contributed by atoms with van der Waals surface area (Å²) in [5, 5.41) is 4.02. The van der Waals surface area contributed by atoms with E-state index in [-0.39, 0.29) is 5.60 Å². The molecule has 0 aromatic carbocycles. The van der Waals surface area contributed by atoms with E-state index in [0.717, 1.165) is 19.0 Å². The van der Waals surface area contributed by atoms with Crippen LogP contribution in [0.4, 0.5) is 0 Å². The monoisotopic (exact) mass is 259 g/mol. The van der Waals surface area contributed by atoms with Crippen molar-refractivity contribution >= 4 is 11.6 Å². The van der Waals surface area contributed by atoms with Crippen molar-refractivity contribution < 1.29 is 4.74 Å². The van der Waals surface area contributed by atoms with Crippen molar-refractivity contribution in [1.29, 1.82) is 0 Å². The molecule has 1 N–H and O–H groups in total. The molecule has 0 bridgehead atoms. The van der Waals surface area contributed by atoms with E-state index in [0.29, 0.717) is 11.5 Å². The Hall–Kier alpha value is 0.210.